The molecule has 3 saturated heterocycles. The van der Waals surface area contributed by atoms with Gasteiger partial charge in [-0.25, -0.2) is 14.7 Å². The Bertz CT molecular complexity index is 1720. The van der Waals surface area contributed by atoms with E-state index in [1.54, 1.807) is 42.0 Å². The number of hydrogen-bond acceptors (Lipinski definition) is 10. The molecule has 3 unspecified atom stereocenters. The van der Waals surface area contributed by atoms with Crippen molar-refractivity contribution in [1.29, 1.82) is 0 Å². The molecule has 0 N–H and O–H groups in total. The minimum absolute atomic E-state index is 0.124. The molecule has 4 heterocycles. The van der Waals surface area contributed by atoms with E-state index in [0.29, 0.717) is 28.8 Å². The number of rotatable bonds is 10. The van der Waals surface area contributed by atoms with Crippen LogP contribution in [0.4, 0.5) is 17.1 Å². The van der Waals surface area contributed by atoms with Crippen LogP contribution in [0.25, 0.3) is 0 Å². The van der Waals surface area contributed by atoms with Crippen LogP contribution in [-0.4, -0.2) is 96.5 Å². The number of nitrogens with zero attached hydrogens (tertiary/aromatic N) is 7. The first-order valence-electron chi connectivity index (χ1n) is 15.8. The number of ether oxygens (including phenoxy) is 4. The molecule has 7 rings (SSSR count). The fraction of sp³-hybridized carbons (Fsp3) is 0.382. The Balaban J connectivity index is 0.930. The van der Waals surface area contributed by atoms with Gasteiger partial charge < -0.3 is 33.6 Å². The lowest BCUT2D eigenvalue weighted by atomic mass is 10.1. The van der Waals surface area contributed by atoms with Crippen molar-refractivity contribution in [1.82, 2.24) is 19.7 Å². The summed E-state index contributed by atoms with van der Waals surface area (Å²) in [7, 11) is 3.80. The van der Waals surface area contributed by atoms with Gasteiger partial charge in [0.2, 0.25) is 5.79 Å². The van der Waals surface area contributed by atoms with E-state index >= 15 is 0 Å². The zero-order valence-corrected chi connectivity index (χ0v) is 29.1. The van der Waals surface area contributed by atoms with E-state index in [0.717, 1.165) is 49.3 Å². The third kappa shape index (κ3) is 7.39. The Morgan fingerprint density at radius 1 is 1.00 bits per heavy atom. The van der Waals surface area contributed by atoms with Crippen LogP contribution in [0, 0.1) is 0 Å². The fourth-order valence-electron chi connectivity index (χ4n) is 6.10. The van der Waals surface area contributed by atoms with Gasteiger partial charge >= 0.3 is 0 Å². The van der Waals surface area contributed by atoms with Crippen LogP contribution in [-0.2, 0) is 26.5 Å². The molecule has 3 fully saturated rings. The molecular weight excluding hydrogens is 673 g/mol. The van der Waals surface area contributed by atoms with Crippen LogP contribution in [0.2, 0.25) is 10.0 Å². The molecule has 3 aliphatic heterocycles. The molecule has 11 nitrogen and oxygen atoms in total. The molecule has 0 aliphatic carbocycles. The molecule has 252 valence electrons. The Hall–Kier alpha value is -3.52. The SMILES string of the molecule is COC1CN(C)C(=Nc2cccc(N3CCN(c4ccc(OCC5COC(Cn6cncn6)(c6ccc(Cl)cc6Cl)O5)cc4)CC3)c2)S1. The number of likely N-dealkylation sites (N-methyl/N-ethyl adjacent to an activating group) is 1. The van der Waals surface area contributed by atoms with Crippen molar-refractivity contribution in [3.8, 4) is 5.75 Å². The second-order valence-corrected chi connectivity index (χ2v) is 13.8. The third-order valence-corrected chi connectivity index (χ3v) is 10.4. The predicted octanol–water partition coefficient (Wildman–Crippen LogP) is 5.90. The molecule has 3 aromatic carbocycles. The number of aromatic nitrogens is 3. The van der Waals surface area contributed by atoms with Gasteiger partial charge in [0, 0.05) is 62.3 Å². The largest absolute Gasteiger partial charge is 0.491 e. The van der Waals surface area contributed by atoms with Gasteiger partial charge in [-0.15, -0.1) is 0 Å². The van der Waals surface area contributed by atoms with E-state index in [1.165, 1.54) is 17.7 Å². The number of hydrogen-bond donors (Lipinski definition) is 0. The highest BCUT2D eigenvalue weighted by atomic mass is 35.5. The number of anilines is 2. The summed E-state index contributed by atoms with van der Waals surface area (Å²) in [6.07, 6.45) is 2.77. The van der Waals surface area contributed by atoms with E-state index < -0.39 is 5.79 Å². The molecular formula is C34H37Cl2N7O4S. The van der Waals surface area contributed by atoms with Crippen LogP contribution < -0.4 is 14.5 Å². The number of amidine groups is 1. The van der Waals surface area contributed by atoms with Crippen LogP contribution in [0.15, 0.2) is 84.4 Å². The summed E-state index contributed by atoms with van der Waals surface area (Å²) in [6, 6.07) is 22.0. The molecule has 0 spiro atoms. The highest BCUT2D eigenvalue weighted by Crippen LogP contribution is 2.40. The van der Waals surface area contributed by atoms with Crippen molar-refractivity contribution in [3.05, 3.63) is 95.0 Å². The summed E-state index contributed by atoms with van der Waals surface area (Å²) >= 11 is 14.4. The minimum Gasteiger partial charge on any atom is -0.491 e. The third-order valence-electron chi connectivity index (χ3n) is 8.62. The van der Waals surface area contributed by atoms with Gasteiger partial charge in [-0.05, 0) is 54.6 Å². The van der Waals surface area contributed by atoms with Crippen molar-refractivity contribution in [2.45, 2.75) is 23.9 Å². The van der Waals surface area contributed by atoms with Gasteiger partial charge in [0.15, 0.2) is 5.17 Å². The quantitative estimate of drug-likeness (QED) is 0.198. The number of aliphatic imine (C=N–C) groups is 1. The van der Waals surface area contributed by atoms with Gasteiger partial charge in [-0.2, -0.15) is 5.10 Å². The lowest BCUT2D eigenvalue weighted by Crippen LogP contribution is -2.46. The van der Waals surface area contributed by atoms with E-state index in [9.17, 15) is 0 Å². The first-order chi connectivity index (χ1) is 23.4. The van der Waals surface area contributed by atoms with Crippen molar-refractivity contribution in [2.75, 3.05) is 69.9 Å². The second-order valence-electron chi connectivity index (χ2n) is 11.9. The molecule has 0 bridgehead atoms. The van der Waals surface area contributed by atoms with Gasteiger partial charge in [0.05, 0.1) is 23.9 Å². The average molecular weight is 711 g/mol. The maximum absolute atomic E-state index is 6.59. The highest BCUT2D eigenvalue weighted by molar-refractivity contribution is 8.14. The molecule has 14 heteroatoms. The van der Waals surface area contributed by atoms with Crippen molar-refractivity contribution in [2.24, 2.45) is 4.99 Å². The predicted molar refractivity (Wildman–Crippen MR) is 190 cm³/mol. The fourth-order valence-corrected chi connectivity index (χ4v) is 7.69. The summed E-state index contributed by atoms with van der Waals surface area (Å²) in [5, 5.41) is 6.21. The normalized spacial score (nSPS) is 23.8. The Morgan fingerprint density at radius 2 is 1.79 bits per heavy atom. The van der Waals surface area contributed by atoms with E-state index in [1.807, 2.05) is 18.2 Å². The maximum atomic E-state index is 6.59. The van der Waals surface area contributed by atoms with Crippen molar-refractivity contribution >= 4 is 57.2 Å². The zero-order valence-electron chi connectivity index (χ0n) is 26.7. The molecule has 1 aromatic heterocycles. The van der Waals surface area contributed by atoms with Crippen LogP contribution in [0.5, 0.6) is 5.75 Å². The Morgan fingerprint density at radius 3 is 2.50 bits per heavy atom. The second kappa shape index (κ2) is 14.5. The number of halogens is 2. The molecule has 48 heavy (non-hydrogen) atoms. The summed E-state index contributed by atoms with van der Waals surface area (Å²) in [5.41, 5.74) is 4.12. The van der Waals surface area contributed by atoms with Crippen molar-refractivity contribution in [3.63, 3.8) is 0 Å². The van der Waals surface area contributed by atoms with Crippen LogP contribution >= 0.6 is 35.0 Å². The lowest BCUT2D eigenvalue weighted by Gasteiger charge is -2.37. The van der Waals surface area contributed by atoms with E-state index in [-0.39, 0.29) is 18.1 Å². The Labute approximate surface area is 294 Å². The summed E-state index contributed by atoms with van der Waals surface area (Å²) in [5.74, 6) is -0.384. The first kappa shape index (κ1) is 33.0. The molecule has 0 radical (unpaired) electrons. The summed E-state index contributed by atoms with van der Waals surface area (Å²) in [4.78, 5) is 15.9. The van der Waals surface area contributed by atoms with Crippen LogP contribution in [0.3, 0.4) is 0 Å². The van der Waals surface area contributed by atoms with E-state index in [4.69, 9.17) is 47.1 Å². The topological polar surface area (TPSA) is 89.7 Å². The van der Waals surface area contributed by atoms with Gasteiger partial charge in [0.1, 0.15) is 43.1 Å². The van der Waals surface area contributed by atoms with Gasteiger partial charge in [-0.3, -0.25) is 0 Å². The summed E-state index contributed by atoms with van der Waals surface area (Å²) < 4.78 is 26.1. The lowest BCUT2D eigenvalue weighted by molar-refractivity contribution is -0.190. The number of piperazine rings is 1. The molecule has 3 atom stereocenters. The molecule has 0 amide bonds. The van der Waals surface area contributed by atoms with Gasteiger partial charge in [-0.1, -0.05) is 47.1 Å². The van der Waals surface area contributed by atoms with Gasteiger partial charge in [0.25, 0.3) is 0 Å². The molecule has 0 saturated carbocycles. The van der Waals surface area contributed by atoms with Crippen molar-refractivity contribution < 1.29 is 18.9 Å². The molecule has 4 aromatic rings. The summed E-state index contributed by atoms with van der Waals surface area (Å²) in [6.45, 7) is 5.44. The highest BCUT2D eigenvalue weighted by Gasteiger charge is 2.45. The number of methoxy groups -OCH3 is 1. The average Bonchev–Trinajstić information content (AvgIpc) is 3.85. The molecule has 3 aliphatic rings. The monoisotopic (exact) mass is 709 g/mol. The maximum Gasteiger partial charge on any atom is 0.217 e. The van der Waals surface area contributed by atoms with Crippen LogP contribution in [0.1, 0.15) is 5.56 Å². The standard InChI is InChI=1S/C34H37Cl2N7O4S/c1-40-18-32(44-2)48-33(40)39-25-4-3-5-27(17-25)42-14-12-41(13-15-42)26-7-9-28(10-8-26)45-19-29-20-46-34(47-29,21-43-23-37-22-38-43)30-11-6-24(35)16-31(30)36/h3-11,16-17,22-23,29,32H,12-15,18-21H2,1-2H3. The number of thioether (sulfide) groups is 1. The first-order valence-corrected chi connectivity index (χ1v) is 17.4. The smallest absolute Gasteiger partial charge is 0.217 e. The Kier molecular flexibility index (Phi) is 9.99. The minimum atomic E-state index is -1.15. The van der Waals surface area contributed by atoms with E-state index in [2.05, 4.69) is 68.2 Å². The number of benzene rings is 3. The zero-order chi connectivity index (χ0) is 33.1.